The van der Waals surface area contributed by atoms with Crippen molar-refractivity contribution in [2.75, 3.05) is 6.54 Å². The lowest BCUT2D eigenvalue weighted by atomic mass is 9.88. The van der Waals surface area contributed by atoms with Crippen molar-refractivity contribution in [3.8, 4) is 0 Å². The van der Waals surface area contributed by atoms with Crippen LogP contribution in [-0.2, 0) is 0 Å². The Morgan fingerprint density at radius 2 is 1.85 bits per heavy atom. The van der Waals surface area contributed by atoms with E-state index in [0.29, 0.717) is 5.41 Å². The molecule has 0 heterocycles. The first kappa shape index (κ1) is 11.0. The summed E-state index contributed by atoms with van der Waals surface area (Å²) in [7, 11) is 0. The highest BCUT2D eigenvalue weighted by Gasteiger charge is 2.46. The molecule has 1 saturated carbocycles. The predicted molar refractivity (Wildman–Crippen MR) is 58.9 cm³/mol. The van der Waals surface area contributed by atoms with Crippen molar-refractivity contribution < 1.29 is 0 Å². The minimum atomic E-state index is 0.670. The standard InChI is InChI=1S/C12H25N/c1-5-8-13-11(4)12(6-7-12)9-10(2)3/h10-11,13H,5-9H2,1-4H3. The molecule has 1 heteroatoms. The zero-order valence-corrected chi connectivity index (χ0v) is 9.69. The first-order valence-corrected chi connectivity index (χ1v) is 5.84. The van der Waals surface area contributed by atoms with Crippen molar-refractivity contribution in [3.63, 3.8) is 0 Å². The van der Waals surface area contributed by atoms with Crippen molar-refractivity contribution in [2.45, 2.75) is 59.4 Å². The van der Waals surface area contributed by atoms with Gasteiger partial charge in [0.05, 0.1) is 0 Å². The van der Waals surface area contributed by atoms with Crippen LogP contribution in [0.3, 0.4) is 0 Å². The van der Waals surface area contributed by atoms with E-state index < -0.39 is 0 Å². The van der Waals surface area contributed by atoms with Crippen LogP contribution in [0.25, 0.3) is 0 Å². The summed E-state index contributed by atoms with van der Waals surface area (Å²) in [5.74, 6) is 0.855. The average molecular weight is 183 g/mol. The molecule has 0 aromatic heterocycles. The lowest BCUT2D eigenvalue weighted by molar-refractivity contribution is 0.294. The highest BCUT2D eigenvalue weighted by molar-refractivity contribution is 5.00. The molecule has 1 aliphatic rings. The summed E-state index contributed by atoms with van der Waals surface area (Å²) in [4.78, 5) is 0. The Bertz CT molecular complexity index is 147. The van der Waals surface area contributed by atoms with Gasteiger partial charge in [-0.1, -0.05) is 20.8 Å². The molecule has 0 amide bonds. The van der Waals surface area contributed by atoms with E-state index in [1.165, 1.54) is 32.2 Å². The molecule has 78 valence electrons. The second-order valence-corrected chi connectivity index (χ2v) is 5.14. The summed E-state index contributed by atoms with van der Waals surface area (Å²) < 4.78 is 0. The number of hydrogen-bond acceptors (Lipinski definition) is 1. The Balaban J connectivity index is 2.31. The minimum absolute atomic E-state index is 0.670. The van der Waals surface area contributed by atoms with E-state index in [-0.39, 0.29) is 0 Å². The summed E-state index contributed by atoms with van der Waals surface area (Å²) in [6, 6.07) is 0.731. The molecule has 0 aliphatic heterocycles. The van der Waals surface area contributed by atoms with Crippen LogP contribution in [0.5, 0.6) is 0 Å². The Labute approximate surface area is 83.3 Å². The fourth-order valence-corrected chi connectivity index (χ4v) is 2.36. The van der Waals surface area contributed by atoms with Crippen molar-refractivity contribution in [3.05, 3.63) is 0 Å². The largest absolute Gasteiger partial charge is 0.314 e. The van der Waals surface area contributed by atoms with E-state index in [4.69, 9.17) is 0 Å². The molecule has 0 spiro atoms. The van der Waals surface area contributed by atoms with Gasteiger partial charge in [0, 0.05) is 6.04 Å². The second kappa shape index (κ2) is 4.45. The fourth-order valence-electron chi connectivity index (χ4n) is 2.36. The van der Waals surface area contributed by atoms with Gasteiger partial charge in [0.25, 0.3) is 0 Å². The normalized spacial score (nSPS) is 21.9. The minimum Gasteiger partial charge on any atom is -0.314 e. The maximum atomic E-state index is 3.64. The van der Waals surface area contributed by atoms with Crippen molar-refractivity contribution in [1.82, 2.24) is 5.32 Å². The van der Waals surface area contributed by atoms with Crippen molar-refractivity contribution >= 4 is 0 Å². The van der Waals surface area contributed by atoms with Crippen molar-refractivity contribution in [2.24, 2.45) is 11.3 Å². The van der Waals surface area contributed by atoms with Gasteiger partial charge in [-0.05, 0) is 50.5 Å². The number of hydrogen-bond donors (Lipinski definition) is 1. The first-order valence-electron chi connectivity index (χ1n) is 5.84. The quantitative estimate of drug-likeness (QED) is 0.667. The monoisotopic (exact) mass is 183 g/mol. The zero-order valence-electron chi connectivity index (χ0n) is 9.69. The van der Waals surface area contributed by atoms with Gasteiger partial charge in [0.1, 0.15) is 0 Å². The lowest BCUT2D eigenvalue weighted by Gasteiger charge is -2.26. The van der Waals surface area contributed by atoms with E-state index >= 15 is 0 Å². The van der Waals surface area contributed by atoms with Gasteiger partial charge in [0.15, 0.2) is 0 Å². The van der Waals surface area contributed by atoms with Gasteiger partial charge >= 0.3 is 0 Å². The molecule has 0 radical (unpaired) electrons. The molecule has 0 aromatic carbocycles. The summed E-state index contributed by atoms with van der Waals surface area (Å²) >= 11 is 0. The second-order valence-electron chi connectivity index (χ2n) is 5.14. The molecular formula is C12H25N. The van der Waals surface area contributed by atoms with Crippen LogP contribution in [0.1, 0.15) is 53.4 Å². The van der Waals surface area contributed by atoms with E-state index in [1.807, 2.05) is 0 Å². The fraction of sp³-hybridized carbons (Fsp3) is 1.00. The van der Waals surface area contributed by atoms with Gasteiger partial charge in [-0.2, -0.15) is 0 Å². The Morgan fingerprint density at radius 3 is 2.23 bits per heavy atom. The van der Waals surface area contributed by atoms with E-state index in [1.54, 1.807) is 0 Å². The molecule has 13 heavy (non-hydrogen) atoms. The predicted octanol–water partition coefficient (Wildman–Crippen LogP) is 3.20. The van der Waals surface area contributed by atoms with Gasteiger partial charge in [-0.25, -0.2) is 0 Å². The molecule has 1 aliphatic carbocycles. The smallest absolute Gasteiger partial charge is 0.00952 e. The van der Waals surface area contributed by atoms with Crippen LogP contribution in [0.15, 0.2) is 0 Å². The summed E-state index contributed by atoms with van der Waals surface area (Å²) in [6.07, 6.45) is 5.55. The SMILES string of the molecule is CCCNC(C)C1(CC(C)C)CC1. The van der Waals surface area contributed by atoms with Gasteiger partial charge in [-0.15, -0.1) is 0 Å². The third-order valence-electron chi connectivity index (χ3n) is 3.33. The summed E-state index contributed by atoms with van der Waals surface area (Å²) in [5.41, 5.74) is 0.670. The third-order valence-corrected chi connectivity index (χ3v) is 3.33. The lowest BCUT2D eigenvalue weighted by Crippen LogP contribution is -2.36. The summed E-state index contributed by atoms with van der Waals surface area (Å²) in [5, 5.41) is 3.64. The zero-order chi connectivity index (χ0) is 9.90. The molecular weight excluding hydrogens is 158 g/mol. The number of rotatable bonds is 6. The van der Waals surface area contributed by atoms with E-state index in [2.05, 4.69) is 33.0 Å². The average Bonchev–Trinajstić information content (AvgIpc) is 2.80. The van der Waals surface area contributed by atoms with Gasteiger partial charge in [-0.3, -0.25) is 0 Å². The van der Waals surface area contributed by atoms with E-state index in [0.717, 1.165) is 12.0 Å². The van der Waals surface area contributed by atoms with E-state index in [9.17, 15) is 0 Å². The highest BCUT2D eigenvalue weighted by atomic mass is 14.9. The van der Waals surface area contributed by atoms with Gasteiger partial charge in [0.2, 0.25) is 0 Å². The van der Waals surface area contributed by atoms with Crippen molar-refractivity contribution in [1.29, 1.82) is 0 Å². The molecule has 1 fully saturated rings. The molecule has 1 nitrogen and oxygen atoms in total. The maximum Gasteiger partial charge on any atom is 0.00952 e. The third kappa shape index (κ3) is 2.98. The van der Waals surface area contributed by atoms with Crippen LogP contribution in [-0.4, -0.2) is 12.6 Å². The Hall–Kier alpha value is -0.0400. The molecule has 1 N–H and O–H groups in total. The first-order chi connectivity index (χ1) is 6.10. The maximum absolute atomic E-state index is 3.64. The Kier molecular flexibility index (Phi) is 3.78. The Morgan fingerprint density at radius 1 is 1.23 bits per heavy atom. The van der Waals surface area contributed by atoms with Crippen LogP contribution >= 0.6 is 0 Å². The van der Waals surface area contributed by atoms with Crippen LogP contribution in [0.4, 0.5) is 0 Å². The van der Waals surface area contributed by atoms with Crippen LogP contribution in [0.2, 0.25) is 0 Å². The van der Waals surface area contributed by atoms with Crippen LogP contribution < -0.4 is 5.32 Å². The molecule has 0 bridgehead atoms. The molecule has 1 atom stereocenters. The topological polar surface area (TPSA) is 12.0 Å². The van der Waals surface area contributed by atoms with Gasteiger partial charge < -0.3 is 5.32 Å². The molecule has 1 rings (SSSR count). The molecule has 0 saturated heterocycles. The molecule has 0 aromatic rings. The van der Waals surface area contributed by atoms with Crippen LogP contribution in [0, 0.1) is 11.3 Å². The highest BCUT2D eigenvalue weighted by Crippen LogP contribution is 2.53. The number of nitrogens with one attached hydrogen (secondary N) is 1. The molecule has 1 unspecified atom stereocenters. The summed E-state index contributed by atoms with van der Waals surface area (Å²) in [6.45, 7) is 10.5.